The molecule has 1 saturated heterocycles. The molecule has 0 N–H and O–H groups in total. The van der Waals surface area contributed by atoms with Gasteiger partial charge in [0.15, 0.2) is 9.84 Å². The van der Waals surface area contributed by atoms with Crippen LogP contribution in [-0.2, 0) is 9.84 Å². The predicted molar refractivity (Wildman–Crippen MR) is 58.5 cm³/mol. The molecule has 0 saturated carbocycles. The third-order valence-electron chi connectivity index (χ3n) is 2.42. The maximum absolute atomic E-state index is 12.3. The Balaban J connectivity index is 2.51. The standard InChI is InChI=1S/C8H13BrF3NO2S/c9-7(8(10,11)12)6-13-2-1-4-16(14,15)5-3-13/h7H,1-6H2. The van der Waals surface area contributed by atoms with Crippen molar-refractivity contribution in [1.29, 1.82) is 0 Å². The highest BCUT2D eigenvalue weighted by atomic mass is 79.9. The zero-order chi connectivity index (χ0) is 12.4. The van der Waals surface area contributed by atoms with Crippen LogP contribution in [0.3, 0.4) is 0 Å². The van der Waals surface area contributed by atoms with Crippen molar-refractivity contribution in [2.24, 2.45) is 0 Å². The molecular weight excluding hydrogens is 311 g/mol. The molecule has 1 atom stereocenters. The van der Waals surface area contributed by atoms with Crippen LogP contribution in [0.1, 0.15) is 6.42 Å². The van der Waals surface area contributed by atoms with Crippen molar-refractivity contribution in [2.45, 2.75) is 17.4 Å². The van der Waals surface area contributed by atoms with Gasteiger partial charge < -0.3 is 4.90 Å². The number of rotatable bonds is 2. The maximum atomic E-state index is 12.3. The van der Waals surface area contributed by atoms with Crippen molar-refractivity contribution >= 4 is 25.8 Å². The van der Waals surface area contributed by atoms with E-state index in [-0.39, 0.29) is 24.6 Å². The van der Waals surface area contributed by atoms with Gasteiger partial charge in [0, 0.05) is 13.1 Å². The Morgan fingerprint density at radius 1 is 1.25 bits per heavy atom. The summed E-state index contributed by atoms with van der Waals surface area (Å²) in [5.41, 5.74) is 0. The molecule has 1 heterocycles. The van der Waals surface area contributed by atoms with Gasteiger partial charge in [-0.2, -0.15) is 13.2 Å². The summed E-state index contributed by atoms with van der Waals surface area (Å²) in [7, 11) is -3.06. The van der Waals surface area contributed by atoms with Crippen LogP contribution < -0.4 is 0 Å². The highest BCUT2D eigenvalue weighted by molar-refractivity contribution is 9.09. The fraction of sp³-hybridized carbons (Fsp3) is 1.00. The normalized spacial score (nSPS) is 25.0. The Morgan fingerprint density at radius 3 is 2.44 bits per heavy atom. The largest absolute Gasteiger partial charge is 0.402 e. The van der Waals surface area contributed by atoms with E-state index in [9.17, 15) is 21.6 Å². The molecule has 0 spiro atoms. The average Bonchev–Trinajstić information content (AvgIpc) is 2.26. The summed E-state index contributed by atoms with van der Waals surface area (Å²) in [6, 6.07) is 0. The third kappa shape index (κ3) is 4.58. The molecular formula is C8H13BrF3NO2S. The summed E-state index contributed by atoms with van der Waals surface area (Å²) >= 11 is 2.57. The third-order valence-corrected chi connectivity index (χ3v) is 4.95. The van der Waals surface area contributed by atoms with E-state index in [1.807, 2.05) is 0 Å². The summed E-state index contributed by atoms with van der Waals surface area (Å²) < 4.78 is 59.3. The highest BCUT2D eigenvalue weighted by Crippen LogP contribution is 2.27. The first kappa shape index (κ1) is 14.2. The van der Waals surface area contributed by atoms with Gasteiger partial charge in [0.2, 0.25) is 0 Å². The number of halogens is 4. The molecule has 1 unspecified atom stereocenters. The molecule has 0 radical (unpaired) electrons. The number of hydrogen-bond donors (Lipinski definition) is 0. The highest BCUT2D eigenvalue weighted by Gasteiger charge is 2.38. The van der Waals surface area contributed by atoms with Crippen molar-refractivity contribution in [3.63, 3.8) is 0 Å². The quantitative estimate of drug-likeness (QED) is 0.721. The number of nitrogens with zero attached hydrogens (tertiary/aromatic N) is 1. The van der Waals surface area contributed by atoms with Crippen molar-refractivity contribution in [1.82, 2.24) is 4.90 Å². The lowest BCUT2D eigenvalue weighted by molar-refractivity contribution is -0.130. The number of hydrogen-bond acceptors (Lipinski definition) is 3. The van der Waals surface area contributed by atoms with E-state index in [0.717, 1.165) is 0 Å². The van der Waals surface area contributed by atoms with Crippen LogP contribution in [0.15, 0.2) is 0 Å². The molecule has 1 aliphatic heterocycles. The molecule has 96 valence electrons. The summed E-state index contributed by atoms with van der Waals surface area (Å²) in [5.74, 6) is 0.0209. The van der Waals surface area contributed by atoms with Crippen LogP contribution in [0.2, 0.25) is 0 Å². The van der Waals surface area contributed by atoms with Crippen LogP contribution in [0.5, 0.6) is 0 Å². The molecule has 1 fully saturated rings. The monoisotopic (exact) mass is 323 g/mol. The second-order valence-corrected chi connectivity index (χ2v) is 7.22. The number of alkyl halides is 4. The fourth-order valence-corrected chi connectivity index (χ4v) is 3.22. The number of sulfone groups is 1. The molecule has 1 rings (SSSR count). The summed E-state index contributed by atoms with van der Waals surface area (Å²) in [6.07, 6.45) is -3.88. The van der Waals surface area contributed by atoms with Crippen LogP contribution in [0.4, 0.5) is 13.2 Å². The fourth-order valence-electron chi connectivity index (χ4n) is 1.50. The Labute approximate surface area is 101 Å². The minimum absolute atomic E-state index is 0.0510. The van der Waals surface area contributed by atoms with E-state index >= 15 is 0 Å². The van der Waals surface area contributed by atoms with Crippen LogP contribution in [0, 0.1) is 0 Å². The van der Waals surface area contributed by atoms with Gasteiger partial charge in [-0.15, -0.1) is 0 Å². The minimum Gasteiger partial charge on any atom is -0.301 e. The van der Waals surface area contributed by atoms with Crippen molar-refractivity contribution in [3.05, 3.63) is 0 Å². The molecule has 0 aromatic carbocycles. The summed E-state index contributed by atoms with van der Waals surface area (Å²) in [4.78, 5) is -0.0573. The molecule has 16 heavy (non-hydrogen) atoms. The maximum Gasteiger partial charge on any atom is 0.402 e. The minimum atomic E-state index is -4.29. The van der Waals surface area contributed by atoms with Gasteiger partial charge in [-0.05, 0) is 13.0 Å². The average molecular weight is 324 g/mol. The van der Waals surface area contributed by atoms with Gasteiger partial charge in [-0.3, -0.25) is 0 Å². The van der Waals surface area contributed by atoms with E-state index < -0.39 is 20.8 Å². The molecule has 0 aromatic rings. The first-order chi connectivity index (χ1) is 7.21. The van der Waals surface area contributed by atoms with Gasteiger partial charge in [-0.1, -0.05) is 15.9 Å². The smallest absolute Gasteiger partial charge is 0.301 e. The molecule has 0 bridgehead atoms. The van der Waals surface area contributed by atoms with Gasteiger partial charge in [-0.25, -0.2) is 8.42 Å². The first-order valence-electron chi connectivity index (χ1n) is 4.84. The molecule has 8 heteroatoms. The van der Waals surface area contributed by atoms with Crippen LogP contribution in [0.25, 0.3) is 0 Å². The Kier molecular flexibility index (Phi) is 4.65. The molecule has 1 aliphatic rings. The lowest BCUT2D eigenvalue weighted by Crippen LogP contribution is -2.38. The molecule has 0 aliphatic carbocycles. The zero-order valence-corrected chi connectivity index (χ0v) is 10.9. The lowest BCUT2D eigenvalue weighted by atomic mass is 10.3. The van der Waals surface area contributed by atoms with Crippen molar-refractivity contribution in [3.8, 4) is 0 Å². The van der Waals surface area contributed by atoms with Gasteiger partial charge >= 0.3 is 6.18 Å². The first-order valence-corrected chi connectivity index (χ1v) is 7.58. The zero-order valence-electron chi connectivity index (χ0n) is 8.50. The molecule has 0 amide bonds. The molecule has 3 nitrogen and oxygen atoms in total. The van der Waals surface area contributed by atoms with Gasteiger partial charge in [0.1, 0.15) is 4.83 Å². The van der Waals surface area contributed by atoms with E-state index in [4.69, 9.17) is 0 Å². The molecule has 0 aromatic heterocycles. The second-order valence-electron chi connectivity index (χ2n) is 3.82. The summed E-state index contributed by atoms with van der Waals surface area (Å²) in [6.45, 7) is 0.386. The SMILES string of the molecule is O=S1(=O)CCCN(CC(Br)C(F)(F)F)CC1. The Hall–Kier alpha value is 0.180. The topological polar surface area (TPSA) is 37.4 Å². The van der Waals surface area contributed by atoms with Crippen molar-refractivity contribution in [2.75, 3.05) is 31.1 Å². The van der Waals surface area contributed by atoms with E-state index in [1.54, 1.807) is 0 Å². The van der Waals surface area contributed by atoms with Crippen molar-refractivity contribution < 1.29 is 21.6 Å². The second kappa shape index (κ2) is 5.22. The van der Waals surface area contributed by atoms with Crippen LogP contribution in [-0.4, -0.2) is 55.5 Å². The van der Waals surface area contributed by atoms with Gasteiger partial charge in [0.25, 0.3) is 0 Å². The van der Waals surface area contributed by atoms with E-state index in [1.165, 1.54) is 4.90 Å². The van der Waals surface area contributed by atoms with Crippen LogP contribution >= 0.6 is 15.9 Å². The van der Waals surface area contributed by atoms with Gasteiger partial charge in [0.05, 0.1) is 11.5 Å². The Morgan fingerprint density at radius 2 is 1.88 bits per heavy atom. The Bertz CT molecular complexity index is 331. The summed E-state index contributed by atoms with van der Waals surface area (Å²) in [5, 5.41) is 0. The van der Waals surface area contributed by atoms with E-state index in [2.05, 4.69) is 15.9 Å². The van der Waals surface area contributed by atoms with E-state index in [0.29, 0.717) is 13.0 Å². The lowest BCUT2D eigenvalue weighted by Gasteiger charge is -2.23. The predicted octanol–water partition coefficient (Wildman–Crippen LogP) is 1.43.